The lowest BCUT2D eigenvalue weighted by atomic mass is 10.2. The van der Waals surface area contributed by atoms with Crippen molar-refractivity contribution in [1.82, 2.24) is 4.98 Å². The number of pyridine rings is 1. The van der Waals surface area contributed by atoms with Crippen molar-refractivity contribution in [2.24, 2.45) is 0 Å². The zero-order chi connectivity index (χ0) is 18.4. The van der Waals surface area contributed by atoms with Gasteiger partial charge in [-0.3, -0.25) is 14.9 Å². The summed E-state index contributed by atoms with van der Waals surface area (Å²) < 4.78 is 10.8. The standard InChI is InChI=1S/C16H17N3O6/c1-3-24-12-5-10(6-13(8-12)25-4-2)16(21)18-15-14(20)7-11(9-17-15)19(22)23/h5-9,20H,3-4H2,1-2H3,(H,17,18,21). The Morgan fingerprint density at radius 1 is 1.20 bits per heavy atom. The minimum atomic E-state index is -0.696. The van der Waals surface area contributed by atoms with Crippen molar-refractivity contribution in [3.05, 3.63) is 46.1 Å². The number of hydrogen-bond donors (Lipinski definition) is 2. The Hall–Kier alpha value is -3.36. The second-order valence-corrected chi connectivity index (χ2v) is 4.83. The summed E-state index contributed by atoms with van der Waals surface area (Å²) in [5.74, 6) is -0.345. The minimum absolute atomic E-state index is 0.185. The maximum Gasteiger partial charge on any atom is 0.291 e. The van der Waals surface area contributed by atoms with Crippen molar-refractivity contribution in [3.8, 4) is 17.2 Å². The average molecular weight is 347 g/mol. The van der Waals surface area contributed by atoms with Crippen LogP contribution in [0.3, 0.4) is 0 Å². The number of ether oxygens (including phenoxy) is 2. The smallest absolute Gasteiger partial charge is 0.291 e. The Kier molecular flexibility index (Phi) is 5.72. The van der Waals surface area contributed by atoms with Crippen LogP contribution in [0.5, 0.6) is 17.2 Å². The van der Waals surface area contributed by atoms with Crippen LogP contribution in [0.1, 0.15) is 24.2 Å². The van der Waals surface area contributed by atoms with Crippen LogP contribution in [0.4, 0.5) is 11.5 Å². The first-order valence-corrected chi connectivity index (χ1v) is 7.50. The summed E-state index contributed by atoms with van der Waals surface area (Å²) in [7, 11) is 0. The summed E-state index contributed by atoms with van der Waals surface area (Å²) in [4.78, 5) is 26.0. The van der Waals surface area contributed by atoms with Gasteiger partial charge in [-0.15, -0.1) is 0 Å². The molecule has 0 radical (unpaired) electrons. The number of nitro groups is 1. The molecule has 0 fully saturated rings. The number of aromatic hydroxyl groups is 1. The van der Waals surface area contributed by atoms with Crippen molar-refractivity contribution >= 4 is 17.4 Å². The summed E-state index contributed by atoms with van der Waals surface area (Å²) in [6, 6.07) is 5.60. The molecule has 132 valence electrons. The van der Waals surface area contributed by atoms with Crippen LogP contribution in [0.2, 0.25) is 0 Å². The second kappa shape index (κ2) is 7.95. The predicted octanol–water partition coefficient (Wildman–Crippen LogP) is 2.75. The first-order chi connectivity index (χ1) is 11.9. The molecule has 9 nitrogen and oxygen atoms in total. The number of benzene rings is 1. The van der Waals surface area contributed by atoms with Gasteiger partial charge in [0.2, 0.25) is 0 Å². The maximum atomic E-state index is 12.4. The highest BCUT2D eigenvalue weighted by molar-refractivity contribution is 6.05. The molecule has 2 N–H and O–H groups in total. The number of carbonyl (C=O) groups excluding carboxylic acids is 1. The highest BCUT2D eigenvalue weighted by Gasteiger charge is 2.16. The molecule has 0 unspecified atom stereocenters. The van der Waals surface area contributed by atoms with Gasteiger partial charge in [0.1, 0.15) is 17.7 Å². The molecule has 1 heterocycles. The summed E-state index contributed by atoms with van der Waals surface area (Å²) in [6.45, 7) is 4.46. The van der Waals surface area contributed by atoms with E-state index in [-0.39, 0.29) is 17.1 Å². The fourth-order valence-electron chi connectivity index (χ4n) is 2.02. The molecule has 2 rings (SSSR count). The van der Waals surface area contributed by atoms with Gasteiger partial charge in [0.25, 0.3) is 11.6 Å². The van der Waals surface area contributed by atoms with Crippen LogP contribution >= 0.6 is 0 Å². The summed E-state index contributed by atoms with van der Waals surface area (Å²) in [6.07, 6.45) is 0.942. The average Bonchev–Trinajstić information content (AvgIpc) is 2.57. The van der Waals surface area contributed by atoms with E-state index < -0.39 is 16.6 Å². The van der Waals surface area contributed by atoms with E-state index >= 15 is 0 Å². The molecule has 9 heteroatoms. The monoisotopic (exact) mass is 347 g/mol. The zero-order valence-electron chi connectivity index (χ0n) is 13.7. The Balaban J connectivity index is 2.26. The molecule has 0 aliphatic heterocycles. The van der Waals surface area contributed by atoms with Gasteiger partial charge in [0.05, 0.1) is 24.2 Å². The largest absolute Gasteiger partial charge is 0.504 e. The predicted molar refractivity (Wildman–Crippen MR) is 89.3 cm³/mol. The molecule has 1 aromatic heterocycles. The van der Waals surface area contributed by atoms with E-state index in [4.69, 9.17) is 9.47 Å². The number of amides is 1. The van der Waals surface area contributed by atoms with Crippen LogP contribution in [0.25, 0.3) is 0 Å². The molecule has 2 aromatic rings. The highest BCUT2D eigenvalue weighted by Crippen LogP contribution is 2.27. The first-order valence-electron chi connectivity index (χ1n) is 7.50. The number of hydrogen-bond acceptors (Lipinski definition) is 7. The number of aromatic nitrogens is 1. The highest BCUT2D eigenvalue weighted by atomic mass is 16.6. The first kappa shape index (κ1) is 18.0. The minimum Gasteiger partial charge on any atom is -0.504 e. The van der Waals surface area contributed by atoms with Gasteiger partial charge in [-0.05, 0) is 26.0 Å². The van der Waals surface area contributed by atoms with Crippen LogP contribution in [-0.4, -0.2) is 34.1 Å². The van der Waals surface area contributed by atoms with Gasteiger partial charge in [0.15, 0.2) is 11.6 Å². The van der Waals surface area contributed by atoms with E-state index in [2.05, 4.69) is 10.3 Å². The Morgan fingerprint density at radius 3 is 2.28 bits per heavy atom. The number of nitrogens with zero attached hydrogens (tertiary/aromatic N) is 2. The fraction of sp³-hybridized carbons (Fsp3) is 0.250. The molecule has 0 aliphatic carbocycles. The Bertz CT molecular complexity index is 769. The van der Waals surface area contributed by atoms with Crippen molar-refractivity contribution in [2.75, 3.05) is 18.5 Å². The fourth-order valence-corrected chi connectivity index (χ4v) is 2.02. The number of carbonyl (C=O) groups is 1. The molecule has 0 aliphatic rings. The van der Waals surface area contributed by atoms with Gasteiger partial charge >= 0.3 is 0 Å². The van der Waals surface area contributed by atoms with Crippen LogP contribution in [0, 0.1) is 10.1 Å². The lowest BCUT2D eigenvalue weighted by Crippen LogP contribution is -2.13. The lowest BCUT2D eigenvalue weighted by Gasteiger charge is -2.11. The van der Waals surface area contributed by atoms with Crippen molar-refractivity contribution < 1.29 is 24.3 Å². The molecule has 0 atom stereocenters. The van der Waals surface area contributed by atoms with Crippen molar-refractivity contribution in [2.45, 2.75) is 13.8 Å². The third-order valence-corrected chi connectivity index (χ3v) is 3.06. The van der Waals surface area contributed by atoms with Gasteiger partial charge in [-0.25, -0.2) is 4.98 Å². The van der Waals surface area contributed by atoms with Crippen molar-refractivity contribution in [3.63, 3.8) is 0 Å². The quantitative estimate of drug-likeness (QED) is 0.583. The van der Waals surface area contributed by atoms with Gasteiger partial charge in [0, 0.05) is 11.6 Å². The van der Waals surface area contributed by atoms with Crippen molar-refractivity contribution in [1.29, 1.82) is 0 Å². The third-order valence-electron chi connectivity index (χ3n) is 3.06. The lowest BCUT2D eigenvalue weighted by molar-refractivity contribution is -0.385. The zero-order valence-corrected chi connectivity index (χ0v) is 13.7. The van der Waals surface area contributed by atoms with E-state index in [0.717, 1.165) is 12.3 Å². The number of rotatable bonds is 7. The van der Waals surface area contributed by atoms with E-state index in [1.807, 2.05) is 13.8 Å². The van der Waals surface area contributed by atoms with E-state index in [0.29, 0.717) is 24.7 Å². The van der Waals surface area contributed by atoms with E-state index in [9.17, 15) is 20.0 Å². The second-order valence-electron chi connectivity index (χ2n) is 4.83. The number of nitrogens with one attached hydrogen (secondary N) is 1. The van der Waals surface area contributed by atoms with Crippen LogP contribution < -0.4 is 14.8 Å². The molecule has 1 amide bonds. The molecule has 1 aromatic carbocycles. The van der Waals surface area contributed by atoms with Gasteiger partial charge in [-0.1, -0.05) is 0 Å². The van der Waals surface area contributed by atoms with Crippen LogP contribution in [0.15, 0.2) is 30.5 Å². The normalized spacial score (nSPS) is 10.2. The summed E-state index contributed by atoms with van der Waals surface area (Å²) in [5, 5.41) is 22.8. The Morgan fingerprint density at radius 2 is 1.80 bits per heavy atom. The molecule has 25 heavy (non-hydrogen) atoms. The third kappa shape index (κ3) is 4.56. The topological polar surface area (TPSA) is 124 Å². The molecule has 0 saturated carbocycles. The van der Waals surface area contributed by atoms with E-state index in [1.54, 1.807) is 6.07 Å². The number of anilines is 1. The van der Waals surface area contributed by atoms with Gasteiger partial charge < -0.3 is 19.9 Å². The van der Waals surface area contributed by atoms with E-state index in [1.165, 1.54) is 12.1 Å². The molecular weight excluding hydrogens is 330 g/mol. The summed E-state index contributed by atoms with van der Waals surface area (Å²) >= 11 is 0. The maximum absolute atomic E-state index is 12.4. The summed E-state index contributed by atoms with van der Waals surface area (Å²) in [5.41, 5.74) is -0.151. The SMILES string of the molecule is CCOc1cc(OCC)cc(C(=O)Nc2ncc([N+](=O)[O-])cc2O)c1. The van der Waals surface area contributed by atoms with Gasteiger partial charge in [-0.2, -0.15) is 0 Å². The molecule has 0 spiro atoms. The molecule has 0 bridgehead atoms. The molecule has 0 saturated heterocycles. The van der Waals surface area contributed by atoms with Crippen LogP contribution in [-0.2, 0) is 0 Å². The molecular formula is C16H17N3O6. The Labute approximate surface area is 143 Å².